The highest BCUT2D eigenvalue weighted by Crippen LogP contribution is 2.53. The summed E-state index contributed by atoms with van der Waals surface area (Å²) in [5, 5.41) is 8.14. The summed E-state index contributed by atoms with van der Waals surface area (Å²) in [6.07, 6.45) is 0.385. The van der Waals surface area contributed by atoms with Gasteiger partial charge in [0.1, 0.15) is 6.67 Å². The van der Waals surface area contributed by atoms with Crippen molar-refractivity contribution in [3.63, 3.8) is 0 Å². The highest BCUT2D eigenvalue weighted by atomic mass is 31.3. The Hall–Kier alpha value is -0.110. The van der Waals surface area contributed by atoms with Gasteiger partial charge in [0.15, 0.2) is 0 Å². The number of hydrogen-bond acceptors (Lipinski definition) is 4. The van der Waals surface area contributed by atoms with Gasteiger partial charge in [-0.25, -0.2) is 13.5 Å². The number of aliphatic hydroxyl groups excluding tert-OH is 1. The Bertz CT molecular complexity index is 273. The van der Waals surface area contributed by atoms with E-state index in [0.717, 1.165) is 0 Å². The SMILES string of the molecule is C=C(CF)CCO.O=P(O)(O)OP(=O)(O)O. The van der Waals surface area contributed by atoms with E-state index in [1.807, 2.05) is 0 Å². The van der Waals surface area contributed by atoms with Gasteiger partial charge in [0.05, 0.1) is 0 Å². The van der Waals surface area contributed by atoms with Gasteiger partial charge in [0.2, 0.25) is 0 Å². The average Bonchev–Trinajstić information content (AvgIpc) is 1.98. The molecular formula is C5H13FO8P2. The van der Waals surface area contributed by atoms with Crippen LogP contribution in [0.25, 0.3) is 0 Å². The Morgan fingerprint density at radius 3 is 1.62 bits per heavy atom. The van der Waals surface area contributed by atoms with Crippen molar-refractivity contribution < 1.29 is 42.5 Å². The van der Waals surface area contributed by atoms with Crippen molar-refractivity contribution in [1.82, 2.24) is 0 Å². The largest absolute Gasteiger partial charge is 0.478 e. The summed E-state index contributed by atoms with van der Waals surface area (Å²) in [5.74, 6) is 0. The van der Waals surface area contributed by atoms with Crippen LogP contribution in [0.1, 0.15) is 6.42 Å². The molecule has 0 aromatic heterocycles. The minimum absolute atomic E-state index is 0.00273. The first-order valence-electron chi connectivity index (χ1n) is 3.67. The molecule has 0 atom stereocenters. The molecule has 0 fully saturated rings. The van der Waals surface area contributed by atoms with Crippen LogP contribution in [0.3, 0.4) is 0 Å². The second-order valence-corrected chi connectivity index (χ2v) is 5.04. The standard InChI is InChI=1S/C5H9FO.H4O7P2/c1-5(4-6)2-3-7;1-8(2,3)7-9(4,5)6/h7H,1-4H2;(H2,1,2,3)(H2,4,5,6). The third-order valence-corrected chi connectivity index (χ3v) is 2.57. The number of aliphatic hydroxyl groups is 1. The van der Waals surface area contributed by atoms with Crippen molar-refractivity contribution >= 4 is 15.6 Å². The van der Waals surface area contributed by atoms with E-state index >= 15 is 0 Å². The topological polar surface area (TPSA) is 145 Å². The van der Waals surface area contributed by atoms with Crippen LogP contribution in [0.5, 0.6) is 0 Å². The molecule has 0 aliphatic rings. The molecule has 0 radical (unpaired) electrons. The number of rotatable bonds is 5. The predicted octanol–water partition coefficient (Wildman–Crippen LogP) is 0.0829. The van der Waals surface area contributed by atoms with Crippen molar-refractivity contribution in [3.05, 3.63) is 12.2 Å². The minimum Gasteiger partial charge on any atom is -0.396 e. The quantitative estimate of drug-likeness (QED) is 0.352. The normalized spacial score (nSPS) is 11.6. The molecule has 0 unspecified atom stereocenters. The first-order chi connectivity index (χ1) is 7.02. The predicted molar refractivity (Wildman–Crippen MR) is 52.0 cm³/mol. The molecule has 5 N–H and O–H groups in total. The zero-order chi connectivity index (χ0) is 13.4. The molecule has 0 heterocycles. The third-order valence-electron chi connectivity index (χ3n) is 0.867. The maximum absolute atomic E-state index is 11.4. The zero-order valence-corrected chi connectivity index (χ0v) is 9.85. The van der Waals surface area contributed by atoms with E-state index in [-0.39, 0.29) is 6.61 Å². The maximum atomic E-state index is 11.4. The number of halogens is 1. The highest BCUT2D eigenvalue weighted by molar-refractivity contribution is 7.60. The molecule has 0 aromatic rings. The molecule has 0 aliphatic carbocycles. The molecule has 11 heteroatoms. The van der Waals surface area contributed by atoms with Crippen molar-refractivity contribution in [2.24, 2.45) is 0 Å². The second-order valence-electron chi connectivity index (χ2n) is 2.42. The summed E-state index contributed by atoms with van der Waals surface area (Å²) in [6.45, 7) is 2.82. The van der Waals surface area contributed by atoms with Gasteiger partial charge >= 0.3 is 15.6 Å². The Morgan fingerprint density at radius 2 is 1.56 bits per heavy atom. The van der Waals surface area contributed by atoms with E-state index in [4.69, 9.17) is 24.7 Å². The summed E-state index contributed by atoms with van der Waals surface area (Å²) in [4.78, 5) is 31.0. The van der Waals surface area contributed by atoms with Crippen LogP contribution < -0.4 is 0 Å². The molecule has 98 valence electrons. The van der Waals surface area contributed by atoms with Crippen LogP contribution in [0.15, 0.2) is 12.2 Å². The van der Waals surface area contributed by atoms with Gasteiger partial charge in [-0.1, -0.05) is 6.58 Å². The number of hydrogen-bond donors (Lipinski definition) is 5. The van der Waals surface area contributed by atoms with Gasteiger partial charge < -0.3 is 24.7 Å². The molecule has 0 aromatic carbocycles. The average molecular weight is 282 g/mol. The van der Waals surface area contributed by atoms with E-state index in [1.54, 1.807) is 0 Å². The van der Waals surface area contributed by atoms with E-state index in [0.29, 0.717) is 12.0 Å². The van der Waals surface area contributed by atoms with Gasteiger partial charge in [0.25, 0.3) is 0 Å². The lowest BCUT2D eigenvalue weighted by atomic mass is 10.2. The monoisotopic (exact) mass is 282 g/mol. The second kappa shape index (κ2) is 8.05. The third kappa shape index (κ3) is 19.5. The first-order valence-corrected chi connectivity index (χ1v) is 6.74. The van der Waals surface area contributed by atoms with Crippen molar-refractivity contribution in [2.75, 3.05) is 13.3 Å². The Kier molecular flexibility index (Phi) is 9.19. The lowest BCUT2D eigenvalue weighted by Crippen LogP contribution is -1.87. The minimum atomic E-state index is -5.05. The van der Waals surface area contributed by atoms with E-state index in [1.165, 1.54) is 0 Å². The van der Waals surface area contributed by atoms with E-state index in [9.17, 15) is 13.5 Å². The van der Waals surface area contributed by atoms with Crippen LogP contribution >= 0.6 is 15.6 Å². The fourth-order valence-electron chi connectivity index (χ4n) is 0.363. The summed E-state index contributed by atoms with van der Waals surface area (Å²) in [6, 6.07) is 0. The number of phosphoric acid groups is 2. The molecule has 8 nitrogen and oxygen atoms in total. The van der Waals surface area contributed by atoms with Crippen LogP contribution in [0.4, 0.5) is 4.39 Å². The zero-order valence-electron chi connectivity index (χ0n) is 8.06. The smallest absolute Gasteiger partial charge is 0.396 e. The van der Waals surface area contributed by atoms with Gasteiger partial charge in [-0.2, -0.15) is 4.31 Å². The summed E-state index contributed by atoms with van der Waals surface area (Å²) in [7, 11) is -10.1. The van der Waals surface area contributed by atoms with Gasteiger partial charge in [0, 0.05) is 6.61 Å². The van der Waals surface area contributed by atoms with Crippen LogP contribution in [0.2, 0.25) is 0 Å². The van der Waals surface area contributed by atoms with Crippen molar-refractivity contribution in [2.45, 2.75) is 6.42 Å². The molecule has 0 spiro atoms. The van der Waals surface area contributed by atoms with Crippen LogP contribution in [-0.4, -0.2) is 38.0 Å². The molecule has 0 bridgehead atoms. The molecule has 0 rings (SSSR count). The Balaban J connectivity index is 0. The Labute approximate surface area is 90.9 Å². The highest BCUT2D eigenvalue weighted by Gasteiger charge is 2.27. The first kappa shape index (κ1) is 18.3. The molecular weight excluding hydrogens is 269 g/mol. The molecule has 0 saturated carbocycles. The van der Waals surface area contributed by atoms with Gasteiger partial charge in [-0.15, -0.1) is 0 Å². The molecule has 0 saturated heterocycles. The molecule has 0 aliphatic heterocycles. The maximum Gasteiger partial charge on any atom is 0.478 e. The lowest BCUT2D eigenvalue weighted by molar-refractivity contribution is 0.225. The van der Waals surface area contributed by atoms with Crippen molar-refractivity contribution in [3.8, 4) is 0 Å². The van der Waals surface area contributed by atoms with E-state index < -0.39 is 22.3 Å². The molecule has 16 heavy (non-hydrogen) atoms. The van der Waals surface area contributed by atoms with Crippen molar-refractivity contribution in [1.29, 1.82) is 0 Å². The van der Waals surface area contributed by atoms with Gasteiger partial charge in [-0.3, -0.25) is 0 Å². The van der Waals surface area contributed by atoms with Crippen LogP contribution in [-0.2, 0) is 13.4 Å². The fourth-order valence-corrected chi connectivity index (χ4v) is 1.47. The summed E-state index contributed by atoms with van der Waals surface area (Å²) in [5.41, 5.74) is 0.461. The fraction of sp³-hybridized carbons (Fsp3) is 0.600. The number of alkyl halides is 1. The Morgan fingerprint density at radius 1 is 1.19 bits per heavy atom. The lowest BCUT2D eigenvalue weighted by Gasteiger charge is -2.03. The summed E-state index contributed by atoms with van der Waals surface area (Å²) >= 11 is 0. The molecule has 0 amide bonds. The van der Waals surface area contributed by atoms with E-state index in [2.05, 4.69) is 10.9 Å². The summed E-state index contributed by atoms with van der Waals surface area (Å²) < 4.78 is 33.6. The van der Waals surface area contributed by atoms with Crippen LogP contribution in [0, 0.1) is 0 Å². The van der Waals surface area contributed by atoms with Gasteiger partial charge in [-0.05, 0) is 12.0 Å².